The summed E-state index contributed by atoms with van der Waals surface area (Å²) in [6.07, 6.45) is 5.72. The quantitative estimate of drug-likeness (QED) is 0.787. The summed E-state index contributed by atoms with van der Waals surface area (Å²) < 4.78 is 2.01. The second-order valence-electron chi connectivity index (χ2n) is 4.21. The minimum absolute atomic E-state index is 0.871. The number of thioether (sulfide) groups is 1. The Bertz CT molecular complexity index is 521. The van der Waals surface area contributed by atoms with Gasteiger partial charge in [-0.25, -0.2) is 9.97 Å². The van der Waals surface area contributed by atoms with Gasteiger partial charge in [0.2, 0.25) is 0 Å². The van der Waals surface area contributed by atoms with Gasteiger partial charge in [0, 0.05) is 31.7 Å². The zero-order valence-corrected chi connectivity index (χ0v) is 12.6. The summed E-state index contributed by atoms with van der Waals surface area (Å²) in [5.41, 5.74) is 0.934. The number of nitrogens with zero attached hydrogens (tertiary/aromatic N) is 4. The molecule has 5 nitrogen and oxygen atoms in total. The summed E-state index contributed by atoms with van der Waals surface area (Å²) in [7, 11) is 1.88. The molecule has 6 heteroatoms. The Labute approximate surface area is 118 Å². The topological polar surface area (TPSA) is 45.5 Å². The van der Waals surface area contributed by atoms with Gasteiger partial charge in [-0.1, -0.05) is 13.8 Å². The van der Waals surface area contributed by atoms with Crippen LogP contribution in [0, 0.1) is 0 Å². The summed E-state index contributed by atoms with van der Waals surface area (Å²) >= 11 is 1.77. The van der Waals surface area contributed by atoms with Crippen LogP contribution in [-0.4, -0.2) is 51.7 Å². The summed E-state index contributed by atoms with van der Waals surface area (Å²) in [6.45, 7) is 7.66. The van der Waals surface area contributed by atoms with E-state index in [2.05, 4.69) is 34.0 Å². The lowest BCUT2D eigenvalue weighted by Gasteiger charge is -2.17. The molecule has 0 aromatic carbocycles. The first-order valence-corrected chi connectivity index (χ1v) is 7.63. The predicted molar refractivity (Wildman–Crippen MR) is 81.0 cm³/mol. The Morgan fingerprint density at radius 3 is 2.84 bits per heavy atom. The van der Waals surface area contributed by atoms with Gasteiger partial charge in [0.1, 0.15) is 10.8 Å². The van der Waals surface area contributed by atoms with Gasteiger partial charge < -0.3 is 14.6 Å². The highest BCUT2D eigenvalue weighted by Gasteiger charge is 2.08. The molecule has 1 N–H and O–H groups in total. The number of anilines is 1. The van der Waals surface area contributed by atoms with E-state index in [1.165, 1.54) is 0 Å². The molecule has 0 aliphatic rings. The highest BCUT2D eigenvalue weighted by molar-refractivity contribution is 7.99. The van der Waals surface area contributed by atoms with E-state index in [1.54, 1.807) is 11.8 Å². The Hall–Kier alpha value is -1.27. The second-order valence-corrected chi connectivity index (χ2v) is 5.30. The number of imidazole rings is 1. The molecule has 2 rings (SSSR count). The third-order valence-electron chi connectivity index (χ3n) is 3.14. The minimum atomic E-state index is 0.871. The number of fused-ring (bicyclic) bond motifs is 1. The molecule has 2 aromatic heterocycles. The third kappa shape index (κ3) is 3.39. The maximum Gasteiger partial charge on any atom is 0.169 e. The summed E-state index contributed by atoms with van der Waals surface area (Å²) in [5, 5.41) is 4.08. The summed E-state index contributed by atoms with van der Waals surface area (Å²) in [5.74, 6) is 1.90. The van der Waals surface area contributed by atoms with Crippen LogP contribution in [-0.2, 0) is 0 Å². The fourth-order valence-corrected chi connectivity index (χ4v) is 2.92. The number of rotatable bonds is 7. The Kier molecular flexibility index (Phi) is 5.04. The van der Waals surface area contributed by atoms with E-state index in [0.29, 0.717) is 0 Å². The van der Waals surface area contributed by atoms with E-state index in [9.17, 15) is 0 Å². The van der Waals surface area contributed by atoms with Crippen LogP contribution in [0.5, 0.6) is 0 Å². The Morgan fingerprint density at radius 2 is 2.16 bits per heavy atom. The van der Waals surface area contributed by atoms with Crippen molar-refractivity contribution in [2.75, 3.05) is 37.8 Å². The van der Waals surface area contributed by atoms with Gasteiger partial charge in [0.25, 0.3) is 0 Å². The van der Waals surface area contributed by atoms with E-state index >= 15 is 0 Å². The molecular formula is C13H21N5S. The van der Waals surface area contributed by atoms with Crippen molar-refractivity contribution in [2.24, 2.45) is 0 Å². The highest BCUT2D eigenvalue weighted by Crippen LogP contribution is 2.22. The van der Waals surface area contributed by atoms with Crippen molar-refractivity contribution < 1.29 is 0 Å². The first kappa shape index (κ1) is 14.1. The molecule has 0 aliphatic heterocycles. The zero-order chi connectivity index (χ0) is 13.7. The van der Waals surface area contributed by atoms with Crippen molar-refractivity contribution in [1.29, 1.82) is 0 Å². The van der Waals surface area contributed by atoms with E-state index in [0.717, 1.165) is 41.9 Å². The average molecular weight is 279 g/mol. The normalized spacial score (nSPS) is 11.4. The van der Waals surface area contributed by atoms with Crippen LogP contribution in [0.2, 0.25) is 0 Å². The molecule has 0 saturated heterocycles. The lowest BCUT2D eigenvalue weighted by Crippen LogP contribution is -2.25. The van der Waals surface area contributed by atoms with Gasteiger partial charge >= 0.3 is 0 Å². The van der Waals surface area contributed by atoms with Gasteiger partial charge in [-0.15, -0.1) is 11.8 Å². The monoisotopic (exact) mass is 279 g/mol. The van der Waals surface area contributed by atoms with Crippen LogP contribution in [0.15, 0.2) is 23.6 Å². The molecule has 0 aliphatic carbocycles. The molecule has 0 atom stereocenters. The lowest BCUT2D eigenvalue weighted by atomic mass is 10.5. The molecule has 0 saturated carbocycles. The first-order chi connectivity index (χ1) is 9.28. The number of nitrogens with one attached hydrogen (secondary N) is 1. The molecular weight excluding hydrogens is 258 g/mol. The lowest BCUT2D eigenvalue weighted by molar-refractivity contribution is 0.324. The molecule has 0 unspecified atom stereocenters. The largest absolute Gasteiger partial charge is 0.372 e. The molecule has 19 heavy (non-hydrogen) atoms. The van der Waals surface area contributed by atoms with Crippen molar-refractivity contribution in [2.45, 2.75) is 18.9 Å². The highest BCUT2D eigenvalue weighted by atomic mass is 32.2. The molecule has 2 aromatic rings. The number of hydrogen-bond donors (Lipinski definition) is 1. The summed E-state index contributed by atoms with van der Waals surface area (Å²) in [4.78, 5) is 11.4. The standard InChI is InChI=1S/C13H21N5S/c1-4-17(5-2)8-9-19-13-12-15-6-7-18(12)10-11(14-3)16-13/h6-7,10,14H,4-5,8-9H2,1-3H3. The van der Waals surface area contributed by atoms with Crippen molar-refractivity contribution in [1.82, 2.24) is 19.3 Å². The van der Waals surface area contributed by atoms with Gasteiger partial charge in [-0.05, 0) is 13.1 Å². The molecule has 0 radical (unpaired) electrons. The fourth-order valence-electron chi connectivity index (χ4n) is 1.93. The number of aromatic nitrogens is 3. The van der Waals surface area contributed by atoms with Crippen LogP contribution < -0.4 is 5.32 Å². The van der Waals surface area contributed by atoms with E-state index in [1.807, 2.05) is 30.0 Å². The van der Waals surface area contributed by atoms with Crippen molar-refractivity contribution in [3.63, 3.8) is 0 Å². The molecule has 0 fully saturated rings. The molecule has 0 bridgehead atoms. The van der Waals surface area contributed by atoms with Gasteiger partial charge in [-0.3, -0.25) is 0 Å². The van der Waals surface area contributed by atoms with E-state index in [-0.39, 0.29) is 0 Å². The van der Waals surface area contributed by atoms with Gasteiger partial charge in [0.05, 0.1) is 6.20 Å². The van der Waals surface area contributed by atoms with Gasteiger partial charge in [0.15, 0.2) is 5.65 Å². The maximum absolute atomic E-state index is 4.59. The molecule has 104 valence electrons. The van der Waals surface area contributed by atoms with Crippen LogP contribution in [0.4, 0.5) is 5.82 Å². The van der Waals surface area contributed by atoms with Gasteiger partial charge in [-0.2, -0.15) is 0 Å². The minimum Gasteiger partial charge on any atom is -0.372 e. The van der Waals surface area contributed by atoms with Crippen molar-refractivity contribution >= 4 is 23.2 Å². The smallest absolute Gasteiger partial charge is 0.169 e. The Morgan fingerprint density at radius 1 is 1.37 bits per heavy atom. The molecule has 2 heterocycles. The first-order valence-electron chi connectivity index (χ1n) is 6.65. The van der Waals surface area contributed by atoms with Crippen molar-refractivity contribution in [3.05, 3.63) is 18.6 Å². The van der Waals surface area contributed by atoms with Crippen LogP contribution in [0.3, 0.4) is 0 Å². The molecule has 0 spiro atoms. The predicted octanol–water partition coefficient (Wildman–Crippen LogP) is 2.20. The fraction of sp³-hybridized carbons (Fsp3) is 0.538. The number of hydrogen-bond acceptors (Lipinski definition) is 5. The molecule has 0 amide bonds. The van der Waals surface area contributed by atoms with Crippen molar-refractivity contribution in [3.8, 4) is 0 Å². The summed E-state index contributed by atoms with van der Waals surface area (Å²) in [6, 6.07) is 0. The third-order valence-corrected chi connectivity index (χ3v) is 4.07. The maximum atomic E-state index is 4.59. The van der Waals surface area contributed by atoms with Crippen LogP contribution >= 0.6 is 11.8 Å². The van der Waals surface area contributed by atoms with Crippen LogP contribution in [0.1, 0.15) is 13.8 Å². The second kappa shape index (κ2) is 6.77. The SMILES string of the molecule is CCN(CC)CCSc1nc(NC)cn2ccnc12. The van der Waals surface area contributed by atoms with Crippen LogP contribution in [0.25, 0.3) is 5.65 Å². The Balaban J connectivity index is 2.08. The van der Waals surface area contributed by atoms with E-state index in [4.69, 9.17) is 0 Å². The zero-order valence-electron chi connectivity index (χ0n) is 11.8. The average Bonchev–Trinajstić information content (AvgIpc) is 2.91. The van der Waals surface area contributed by atoms with E-state index < -0.39 is 0 Å².